The molecule has 6 heteroatoms. The zero-order valence-electron chi connectivity index (χ0n) is 8.48. The molecule has 16 heavy (non-hydrogen) atoms. The van der Waals surface area contributed by atoms with Gasteiger partial charge in [0.25, 0.3) is 5.91 Å². The molecule has 1 aromatic rings. The van der Waals surface area contributed by atoms with Crippen LogP contribution in [0.15, 0.2) is 18.2 Å². The van der Waals surface area contributed by atoms with Crippen molar-refractivity contribution in [2.24, 2.45) is 0 Å². The number of nitrogens with two attached hydrogens (primary N) is 1. The van der Waals surface area contributed by atoms with Gasteiger partial charge >= 0.3 is 0 Å². The van der Waals surface area contributed by atoms with Crippen LogP contribution in [-0.2, 0) is 0 Å². The summed E-state index contributed by atoms with van der Waals surface area (Å²) in [5.41, 5.74) is 6.21. The van der Waals surface area contributed by atoms with Crippen LogP contribution in [-0.4, -0.2) is 35.4 Å². The summed E-state index contributed by atoms with van der Waals surface area (Å²) >= 11 is 5.71. The van der Waals surface area contributed by atoms with E-state index in [1.165, 1.54) is 18.2 Å². The minimum atomic E-state index is -0.964. The van der Waals surface area contributed by atoms with Crippen LogP contribution in [0.1, 0.15) is 10.4 Å². The molecule has 1 amide bonds. The molecule has 0 aliphatic heterocycles. The highest BCUT2D eigenvalue weighted by molar-refractivity contribution is 6.33. The Labute approximate surface area is 97.8 Å². The molecule has 0 aromatic heterocycles. The van der Waals surface area contributed by atoms with Gasteiger partial charge in [-0.05, 0) is 18.2 Å². The van der Waals surface area contributed by atoms with Crippen LogP contribution in [0.2, 0.25) is 5.02 Å². The van der Waals surface area contributed by atoms with Crippen molar-refractivity contribution in [3.05, 3.63) is 28.8 Å². The lowest BCUT2D eigenvalue weighted by molar-refractivity contribution is 0.0802. The van der Waals surface area contributed by atoms with Crippen LogP contribution >= 0.6 is 11.6 Å². The number of carbonyl (C=O) groups excluding carboxylic acids is 1. The van der Waals surface area contributed by atoms with Crippen molar-refractivity contribution in [2.45, 2.75) is 6.10 Å². The molecule has 0 spiro atoms. The van der Waals surface area contributed by atoms with Gasteiger partial charge in [-0.3, -0.25) is 4.79 Å². The highest BCUT2D eigenvalue weighted by Crippen LogP contribution is 2.19. The molecule has 0 aliphatic rings. The second-order valence-corrected chi connectivity index (χ2v) is 3.69. The molecule has 0 bridgehead atoms. The second kappa shape index (κ2) is 5.69. The zero-order chi connectivity index (χ0) is 12.1. The average Bonchev–Trinajstić information content (AvgIpc) is 2.29. The first-order valence-corrected chi connectivity index (χ1v) is 5.04. The number of aliphatic hydroxyl groups excluding tert-OH is 2. The molecule has 0 heterocycles. The van der Waals surface area contributed by atoms with Gasteiger partial charge in [-0.15, -0.1) is 0 Å². The van der Waals surface area contributed by atoms with Gasteiger partial charge < -0.3 is 21.3 Å². The number of rotatable bonds is 4. The zero-order valence-corrected chi connectivity index (χ0v) is 9.24. The maximum Gasteiger partial charge on any atom is 0.251 e. The topological polar surface area (TPSA) is 95.6 Å². The molecule has 0 radical (unpaired) electrons. The maximum absolute atomic E-state index is 11.5. The van der Waals surface area contributed by atoms with E-state index in [1.54, 1.807) is 0 Å². The van der Waals surface area contributed by atoms with Crippen LogP contribution in [0.5, 0.6) is 0 Å². The number of aliphatic hydroxyl groups is 2. The largest absolute Gasteiger partial charge is 0.398 e. The van der Waals surface area contributed by atoms with E-state index < -0.39 is 12.7 Å². The van der Waals surface area contributed by atoms with Gasteiger partial charge in [0, 0.05) is 12.1 Å². The van der Waals surface area contributed by atoms with Crippen LogP contribution in [0, 0.1) is 0 Å². The predicted octanol–water partition coefficient (Wildman–Crippen LogP) is 0.00520. The third-order valence-corrected chi connectivity index (χ3v) is 2.31. The first-order chi connectivity index (χ1) is 7.54. The van der Waals surface area contributed by atoms with Gasteiger partial charge in [-0.2, -0.15) is 0 Å². The van der Waals surface area contributed by atoms with Crippen LogP contribution in [0.4, 0.5) is 5.69 Å². The lowest BCUT2D eigenvalue weighted by Gasteiger charge is -2.09. The van der Waals surface area contributed by atoms with E-state index >= 15 is 0 Å². The summed E-state index contributed by atoms with van der Waals surface area (Å²) in [6.07, 6.45) is -0.964. The Balaban J connectivity index is 2.63. The van der Waals surface area contributed by atoms with Crippen molar-refractivity contribution in [2.75, 3.05) is 18.9 Å². The molecular weight excluding hydrogens is 232 g/mol. The molecule has 0 saturated heterocycles. The van der Waals surface area contributed by atoms with Crippen molar-refractivity contribution in [3.8, 4) is 0 Å². The third kappa shape index (κ3) is 3.37. The summed E-state index contributed by atoms with van der Waals surface area (Å²) in [5, 5.41) is 20.4. The summed E-state index contributed by atoms with van der Waals surface area (Å²) in [4.78, 5) is 11.5. The van der Waals surface area contributed by atoms with Gasteiger partial charge in [0.15, 0.2) is 0 Å². The smallest absolute Gasteiger partial charge is 0.251 e. The minimum Gasteiger partial charge on any atom is -0.398 e. The highest BCUT2D eigenvalue weighted by atomic mass is 35.5. The van der Waals surface area contributed by atoms with E-state index in [2.05, 4.69) is 5.32 Å². The fourth-order valence-electron chi connectivity index (χ4n) is 1.06. The van der Waals surface area contributed by atoms with E-state index in [-0.39, 0.29) is 12.5 Å². The quantitative estimate of drug-likeness (QED) is 0.561. The number of hydrogen-bond donors (Lipinski definition) is 4. The first kappa shape index (κ1) is 12.8. The Bertz CT molecular complexity index is 384. The van der Waals surface area contributed by atoms with Crippen molar-refractivity contribution in [1.29, 1.82) is 0 Å². The van der Waals surface area contributed by atoms with Gasteiger partial charge in [0.05, 0.1) is 23.4 Å². The van der Waals surface area contributed by atoms with Crippen LogP contribution < -0.4 is 11.1 Å². The Hall–Kier alpha value is -1.30. The Morgan fingerprint density at radius 2 is 2.25 bits per heavy atom. The molecule has 0 fully saturated rings. The first-order valence-electron chi connectivity index (χ1n) is 4.66. The number of anilines is 1. The Kier molecular flexibility index (Phi) is 4.54. The molecule has 1 unspecified atom stereocenters. The number of nitrogens with one attached hydrogen (secondary N) is 1. The SMILES string of the molecule is Nc1cc(C(=O)NCC(O)CO)ccc1Cl. The molecule has 5 N–H and O–H groups in total. The van der Waals surface area contributed by atoms with Crippen molar-refractivity contribution in [1.82, 2.24) is 5.32 Å². The average molecular weight is 245 g/mol. The fourth-order valence-corrected chi connectivity index (χ4v) is 1.18. The van der Waals surface area contributed by atoms with Gasteiger partial charge in [0.1, 0.15) is 0 Å². The summed E-state index contributed by atoms with van der Waals surface area (Å²) in [6.45, 7) is -0.416. The van der Waals surface area contributed by atoms with E-state index in [4.69, 9.17) is 27.5 Å². The molecule has 1 rings (SSSR count). The number of carbonyl (C=O) groups is 1. The second-order valence-electron chi connectivity index (χ2n) is 3.28. The van der Waals surface area contributed by atoms with Crippen molar-refractivity contribution < 1.29 is 15.0 Å². The number of nitrogen functional groups attached to an aromatic ring is 1. The van der Waals surface area contributed by atoms with E-state index in [0.29, 0.717) is 16.3 Å². The normalized spacial score (nSPS) is 12.2. The maximum atomic E-state index is 11.5. The summed E-state index contributed by atoms with van der Waals surface area (Å²) in [5.74, 6) is -0.379. The molecule has 88 valence electrons. The van der Waals surface area contributed by atoms with Gasteiger partial charge in [0.2, 0.25) is 0 Å². The summed E-state index contributed by atoms with van der Waals surface area (Å²) in [7, 11) is 0. The lowest BCUT2D eigenvalue weighted by Crippen LogP contribution is -2.33. The standard InChI is InChI=1S/C10H13ClN2O3/c11-8-2-1-6(3-9(8)12)10(16)13-4-7(15)5-14/h1-3,7,14-15H,4-5,12H2,(H,13,16). The van der Waals surface area contributed by atoms with Crippen molar-refractivity contribution in [3.63, 3.8) is 0 Å². The molecule has 5 nitrogen and oxygen atoms in total. The van der Waals surface area contributed by atoms with E-state index in [9.17, 15) is 4.79 Å². The van der Waals surface area contributed by atoms with E-state index in [0.717, 1.165) is 0 Å². The number of halogens is 1. The third-order valence-electron chi connectivity index (χ3n) is 1.97. The fraction of sp³-hybridized carbons (Fsp3) is 0.300. The molecule has 0 saturated carbocycles. The number of hydrogen-bond acceptors (Lipinski definition) is 4. The highest BCUT2D eigenvalue weighted by Gasteiger charge is 2.09. The predicted molar refractivity (Wildman–Crippen MR) is 61.3 cm³/mol. The molecule has 0 aliphatic carbocycles. The molecule has 1 atom stereocenters. The monoisotopic (exact) mass is 244 g/mol. The Morgan fingerprint density at radius 3 is 2.81 bits per heavy atom. The Morgan fingerprint density at radius 1 is 1.56 bits per heavy atom. The lowest BCUT2D eigenvalue weighted by atomic mass is 10.2. The minimum absolute atomic E-state index is 0.0160. The van der Waals surface area contributed by atoms with Gasteiger partial charge in [-0.25, -0.2) is 0 Å². The van der Waals surface area contributed by atoms with Crippen LogP contribution in [0.25, 0.3) is 0 Å². The summed E-state index contributed by atoms with van der Waals surface area (Å²) in [6, 6.07) is 4.50. The van der Waals surface area contributed by atoms with Crippen LogP contribution in [0.3, 0.4) is 0 Å². The van der Waals surface area contributed by atoms with E-state index in [1.807, 2.05) is 0 Å². The molecular formula is C10H13ClN2O3. The van der Waals surface area contributed by atoms with Crippen molar-refractivity contribution >= 4 is 23.2 Å². The summed E-state index contributed by atoms with van der Waals surface area (Å²) < 4.78 is 0. The number of benzene rings is 1. The number of amides is 1. The van der Waals surface area contributed by atoms with Gasteiger partial charge in [-0.1, -0.05) is 11.6 Å². The molecule has 1 aromatic carbocycles.